The highest BCUT2D eigenvalue weighted by Gasteiger charge is 2.37. The Morgan fingerprint density at radius 3 is 2.18 bits per heavy atom. The second-order valence-corrected chi connectivity index (χ2v) is 5.76. The predicted octanol–water partition coefficient (Wildman–Crippen LogP) is 2.15. The quantitative estimate of drug-likeness (QED) is 0.768. The zero-order valence-electron chi connectivity index (χ0n) is 11.3. The van der Waals surface area contributed by atoms with Gasteiger partial charge in [-0.2, -0.15) is 0 Å². The number of ether oxygens (including phenoxy) is 1. The van der Waals surface area contributed by atoms with E-state index >= 15 is 0 Å². The fourth-order valence-corrected chi connectivity index (χ4v) is 3.60. The molecule has 1 heterocycles. The lowest BCUT2D eigenvalue weighted by atomic mass is 9.86. The van der Waals surface area contributed by atoms with Crippen LogP contribution in [0.1, 0.15) is 51.4 Å². The maximum Gasteiger partial charge on any atom is 0.0595 e. The van der Waals surface area contributed by atoms with E-state index in [0.717, 1.165) is 6.54 Å². The van der Waals surface area contributed by atoms with Crippen LogP contribution < -0.4 is 5.73 Å². The summed E-state index contributed by atoms with van der Waals surface area (Å²) in [6.45, 7) is 3.19. The van der Waals surface area contributed by atoms with Gasteiger partial charge in [0.15, 0.2) is 0 Å². The topological polar surface area (TPSA) is 38.5 Å². The van der Waals surface area contributed by atoms with Crippen molar-refractivity contribution < 1.29 is 4.74 Å². The lowest BCUT2D eigenvalue weighted by Gasteiger charge is -2.46. The van der Waals surface area contributed by atoms with E-state index in [1.54, 1.807) is 0 Å². The van der Waals surface area contributed by atoms with E-state index < -0.39 is 0 Å². The second-order valence-electron chi connectivity index (χ2n) is 5.76. The molecule has 1 aliphatic carbocycles. The highest BCUT2D eigenvalue weighted by Crippen LogP contribution is 2.34. The number of nitrogens with two attached hydrogens (primary N) is 1. The summed E-state index contributed by atoms with van der Waals surface area (Å²) in [7, 11) is 1.84. The van der Waals surface area contributed by atoms with Gasteiger partial charge in [-0.05, 0) is 25.7 Å². The Kier molecular flexibility index (Phi) is 4.83. The van der Waals surface area contributed by atoms with Crippen molar-refractivity contribution in [2.75, 3.05) is 26.7 Å². The van der Waals surface area contributed by atoms with Crippen LogP contribution >= 0.6 is 0 Å². The summed E-state index contributed by atoms with van der Waals surface area (Å²) in [5.41, 5.74) is 6.45. The first-order valence-corrected chi connectivity index (χ1v) is 7.29. The van der Waals surface area contributed by atoms with E-state index in [0.29, 0.717) is 11.6 Å². The van der Waals surface area contributed by atoms with Crippen LogP contribution in [0.3, 0.4) is 0 Å². The molecule has 0 aromatic carbocycles. The second kappa shape index (κ2) is 6.17. The van der Waals surface area contributed by atoms with Gasteiger partial charge >= 0.3 is 0 Å². The van der Waals surface area contributed by atoms with Gasteiger partial charge in [-0.25, -0.2) is 0 Å². The average Bonchev–Trinajstić information content (AvgIpc) is 2.65. The zero-order valence-corrected chi connectivity index (χ0v) is 11.3. The number of hydrogen-bond acceptors (Lipinski definition) is 3. The molecule has 0 atom stereocenters. The molecule has 0 unspecified atom stereocenters. The highest BCUT2D eigenvalue weighted by atomic mass is 16.5. The van der Waals surface area contributed by atoms with Gasteiger partial charge in [-0.1, -0.05) is 25.7 Å². The number of piperidine rings is 1. The molecule has 0 aromatic rings. The Bertz CT molecular complexity index is 216. The molecule has 1 saturated heterocycles. The molecule has 100 valence electrons. The normalized spacial score (nSPS) is 27.9. The van der Waals surface area contributed by atoms with Crippen molar-refractivity contribution in [3.8, 4) is 0 Å². The minimum Gasteiger partial charge on any atom is -0.381 e. The zero-order chi connectivity index (χ0) is 12.1. The van der Waals surface area contributed by atoms with Crippen molar-refractivity contribution in [1.82, 2.24) is 4.90 Å². The Hall–Kier alpha value is -0.120. The van der Waals surface area contributed by atoms with E-state index in [1.165, 1.54) is 64.5 Å². The molecule has 0 radical (unpaired) electrons. The SMILES string of the molecule is COC1CCN(C2(CN)CCCCCC2)CC1. The molecule has 0 aromatic heterocycles. The summed E-state index contributed by atoms with van der Waals surface area (Å²) in [4.78, 5) is 2.67. The largest absolute Gasteiger partial charge is 0.381 e. The maximum atomic E-state index is 6.13. The van der Waals surface area contributed by atoms with Crippen LogP contribution in [-0.2, 0) is 4.74 Å². The number of nitrogens with zero attached hydrogens (tertiary/aromatic N) is 1. The Labute approximate surface area is 106 Å². The van der Waals surface area contributed by atoms with E-state index in [1.807, 2.05) is 7.11 Å². The number of methoxy groups -OCH3 is 1. The van der Waals surface area contributed by atoms with Crippen molar-refractivity contribution in [3.63, 3.8) is 0 Å². The van der Waals surface area contributed by atoms with Crippen LogP contribution in [0, 0.1) is 0 Å². The first-order valence-electron chi connectivity index (χ1n) is 7.29. The van der Waals surface area contributed by atoms with Crippen LogP contribution in [0.25, 0.3) is 0 Å². The summed E-state index contributed by atoms with van der Waals surface area (Å²) >= 11 is 0. The fraction of sp³-hybridized carbons (Fsp3) is 1.00. The third-order valence-corrected chi connectivity index (χ3v) is 4.86. The number of hydrogen-bond donors (Lipinski definition) is 1. The molecular weight excluding hydrogens is 212 g/mol. The molecule has 0 bridgehead atoms. The summed E-state index contributed by atoms with van der Waals surface area (Å²) in [6, 6.07) is 0. The smallest absolute Gasteiger partial charge is 0.0595 e. The Morgan fingerprint density at radius 1 is 1.12 bits per heavy atom. The van der Waals surface area contributed by atoms with Crippen LogP contribution in [0.2, 0.25) is 0 Å². The molecule has 1 aliphatic heterocycles. The fourth-order valence-electron chi connectivity index (χ4n) is 3.60. The van der Waals surface area contributed by atoms with Crippen molar-refractivity contribution in [2.24, 2.45) is 5.73 Å². The first kappa shape index (κ1) is 13.3. The lowest BCUT2D eigenvalue weighted by Crippen LogP contribution is -2.56. The van der Waals surface area contributed by atoms with Gasteiger partial charge in [0.2, 0.25) is 0 Å². The molecule has 0 amide bonds. The summed E-state index contributed by atoms with van der Waals surface area (Å²) in [6.07, 6.45) is 11.0. The third-order valence-electron chi connectivity index (χ3n) is 4.86. The molecule has 17 heavy (non-hydrogen) atoms. The van der Waals surface area contributed by atoms with Gasteiger partial charge in [-0.3, -0.25) is 4.90 Å². The first-order chi connectivity index (χ1) is 8.30. The minimum absolute atomic E-state index is 0.315. The van der Waals surface area contributed by atoms with Gasteiger partial charge in [0.1, 0.15) is 0 Å². The van der Waals surface area contributed by atoms with E-state index in [4.69, 9.17) is 10.5 Å². The maximum absolute atomic E-state index is 6.13. The van der Waals surface area contributed by atoms with Gasteiger partial charge in [-0.15, -0.1) is 0 Å². The summed E-state index contributed by atoms with van der Waals surface area (Å²) < 4.78 is 5.46. The molecule has 2 fully saturated rings. The lowest BCUT2D eigenvalue weighted by molar-refractivity contribution is -0.00776. The standard InChI is InChI=1S/C14H28N2O/c1-17-13-6-10-16(11-7-13)14(12-15)8-4-2-3-5-9-14/h13H,2-12,15H2,1H3. The highest BCUT2D eigenvalue weighted by molar-refractivity contribution is 4.95. The van der Waals surface area contributed by atoms with Gasteiger partial charge < -0.3 is 10.5 Å². The predicted molar refractivity (Wildman–Crippen MR) is 71.1 cm³/mol. The van der Waals surface area contributed by atoms with E-state index in [-0.39, 0.29) is 0 Å². The van der Waals surface area contributed by atoms with Crippen LogP contribution in [0.15, 0.2) is 0 Å². The Morgan fingerprint density at radius 2 is 1.71 bits per heavy atom. The summed E-state index contributed by atoms with van der Waals surface area (Å²) in [5, 5.41) is 0. The Balaban J connectivity index is 1.97. The van der Waals surface area contributed by atoms with Gasteiger partial charge in [0, 0.05) is 32.3 Å². The van der Waals surface area contributed by atoms with E-state index in [9.17, 15) is 0 Å². The molecule has 1 saturated carbocycles. The molecule has 2 rings (SSSR count). The molecule has 3 heteroatoms. The van der Waals surface area contributed by atoms with Gasteiger partial charge in [0.25, 0.3) is 0 Å². The number of likely N-dealkylation sites (tertiary alicyclic amines) is 1. The van der Waals surface area contributed by atoms with Crippen molar-refractivity contribution in [1.29, 1.82) is 0 Å². The van der Waals surface area contributed by atoms with E-state index in [2.05, 4.69) is 4.90 Å². The van der Waals surface area contributed by atoms with Crippen molar-refractivity contribution in [2.45, 2.75) is 63.0 Å². The monoisotopic (exact) mass is 240 g/mol. The number of rotatable bonds is 3. The van der Waals surface area contributed by atoms with Gasteiger partial charge in [0.05, 0.1) is 6.10 Å². The summed E-state index contributed by atoms with van der Waals surface area (Å²) in [5.74, 6) is 0. The molecule has 2 aliphatic rings. The molecule has 0 spiro atoms. The van der Waals surface area contributed by atoms with Crippen LogP contribution in [0.4, 0.5) is 0 Å². The third kappa shape index (κ3) is 3.01. The van der Waals surface area contributed by atoms with Crippen molar-refractivity contribution in [3.05, 3.63) is 0 Å². The van der Waals surface area contributed by atoms with Crippen molar-refractivity contribution >= 4 is 0 Å². The van der Waals surface area contributed by atoms with Crippen LogP contribution in [-0.4, -0.2) is 43.3 Å². The molecule has 3 nitrogen and oxygen atoms in total. The van der Waals surface area contributed by atoms with Crippen LogP contribution in [0.5, 0.6) is 0 Å². The molecular formula is C14H28N2O. The minimum atomic E-state index is 0.315. The molecule has 2 N–H and O–H groups in total. The average molecular weight is 240 g/mol.